The van der Waals surface area contributed by atoms with Gasteiger partial charge in [0.25, 0.3) is 5.91 Å². The lowest BCUT2D eigenvalue weighted by Gasteiger charge is -2.07. The summed E-state index contributed by atoms with van der Waals surface area (Å²) in [7, 11) is 1.51. The fourth-order valence-corrected chi connectivity index (χ4v) is 2.71. The second-order valence-corrected chi connectivity index (χ2v) is 5.25. The number of aromatic amines is 1. The molecule has 0 bridgehead atoms. The van der Waals surface area contributed by atoms with Crippen molar-refractivity contribution in [3.05, 3.63) is 59.4 Å². The van der Waals surface area contributed by atoms with E-state index in [4.69, 9.17) is 0 Å². The molecule has 5 heteroatoms. The molecule has 23 heavy (non-hydrogen) atoms. The smallest absolute Gasteiger partial charge is 0.251 e. The molecule has 2 N–H and O–H groups in total. The van der Waals surface area contributed by atoms with Crippen molar-refractivity contribution in [3.8, 4) is 11.3 Å². The molecule has 1 aromatic heterocycles. The first-order valence-electron chi connectivity index (χ1n) is 7.16. The lowest BCUT2D eigenvalue weighted by Crippen LogP contribution is -2.17. The predicted octanol–water partition coefficient (Wildman–Crippen LogP) is 3.54. The summed E-state index contributed by atoms with van der Waals surface area (Å²) in [5, 5.41) is 3.24. The van der Waals surface area contributed by atoms with Gasteiger partial charge in [-0.15, -0.1) is 0 Å². The zero-order valence-corrected chi connectivity index (χ0v) is 12.7. The Morgan fingerprint density at radius 3 is 2.57 bits per heavy atom. The number of carbonyl (C=O) groups is 2. The topological polar surface area (TPSA) is 62.0 Å². The van der Waals surface area contributed by atoms with E-state index >= 15 is 0 Å². The number of carbonyl (C=O) groups excluding carboxylic acids is 2. The van der Waals surface area contributed by atoms with Crippen molar-refractivity contribution in [2.75, 3.05) is 7.05 Å². The number of H-pyrrole nitrogens is 1. The average molecular weight is 310 g/mol. The highest BCUT2D eigenvalue weighted by Gasteiger charge is 2.20. The van der Waals surface area contributed by atoms with Gasteiger partial charge in [-0.1, -0.05) is 18.2 Å². The van der Waals surface area contributed by atoms with Gasteiger partial charge in [0.05, 0.1) is 11.3 Å². The maximum Gasteiger partial charge on any atom is 0.251 e. The number of fused-ring (bicyclic) bond motifs is 1. The summed E-state index contributed by atoms with van der Waals surface area (Å²) >= 11 is 0. The molecule has 3 aromatic rings. The van der Waals surface area contributed by atoms with Crippen molar-refractivity contribution in [1.29, 1.82) is 0 Å². The normalized spacial score (nSPS) is 10.7. The molecular formula is C18H15FN2O2. The third-order valence-corrected chi connectivity index (χ3v) is 3.78. The number of amides is 1. The van der Waals surface area contributed by atoms with Crippen LogP contribution in [0.4, 0.5) is 4.39 Å². The Hall–Kier alpha value is -2.95. The minimum absolute atomic E-state index is 0.165. The maximum absolute atomic E-state index is 14.3. The number of hydrogen-bond donors (Lipinski definition) is 2. The lowest BCUT2D eigenvalue weighted by molar-refractivity contribution is 0.0962. The van der Waals surface area contributed by atoms with Gasteiger partial charge < -0.3 is 10.3 Å². The Balaban J connectivity index is 2.30. The van der Waals surface area contributed by atoms with Crippen molar-refractivity contribution in [2.24, 2.45) is 0 Å². The molecule has 3 rings (SSSR count). The van der Waals surface area contributed by atoms with Crippen LogP contribution in [0.5, 0.6) is 0 Å². The quantitative estimate of drug-likeness (QED) is 0.727. The largest absolute Gasteiger partial charge is 0.355 e. The summed E-state index contributed by atoms with van der Waals surface area (Å²) in [6, 6.07) is 11.4. The minimum atomic E-state index is -0.494. The van der Waals surface area contributed by atoms with Crippen molar-refractivity contribution in [3.63, 3.8) is 0 Å². The van der Waals surface area contributed by atoms with Crippen LogP contribution in [0.15, 0.2) is 42.5 Å². The molecule has 0 saturated carbocycles. The van der Waals surface area contributed by atoms with Gasteiger partial charge in [-0.2, -0.15) is 0 Å². The van der Waals surface area contributed by atoms with E-state index in [0.29, 0.717) is 16.8 Å². The fraction of sp³-hybridized carbons (Fsp3) is 0.111. The number of halogens is 1. The molecule has 0 radical (unpaired) electrons. The summed E-state index contributed by atoms with van der Waals surface area (Å²) in [5.74, 6) is -0.972. The van der Waals surface area contributed by atoms with Crippen LogP contribution < -0.4 is 5.32 Å². The number of benzene rings is 2. The van der Waals surface area contributed by atoms with Gasteiger partial charge in [0.1, 0.15) is 5.82 Å². The first-order chi connectivity index (χ1) is 11.0. The van der Waals surface area contributed by atoms with Crippen LogP contribution in [-0.4, -0.2) is 23.7 Å². The van der Waals surface area contributed by atoms with E-state index in [1.165, 1.54) is 32.2 Å². The molecule has 1 heterocycles. The Bertz CT molecular complexity index is 928. The maximum atomic E-state index is 14.3. The minimum Gasteiger partial charge on any atom is -0.355 e. The Morgan fingerprint density at radius 1 is 1.13 bits per heavy atom. The summed E-state index contributed by atoms with van der Waals surface area (Å²) in [6.07, 6.45) is 0. The van der Waals surface area contributed by atoms with Crippen LogP contribution in [0, 0.1) is 5.82 Å². The third kappa shape index (κ3) is 2.50. The van der Waals surface area contributed by atoms with Crippen molar-refractivity contribution in [1.82, 2.24) is 10.3 Å². The van der Waals surface area contributed by atoms with Crippen LogP contribution in [0.1, 0.15) is 27.6 Å². The van der Waals surface area contributed by atoms with Gasteiger partial charge in [0, 0.05) is 29.1 Å². The zero-order chi connectivity index (χ0) is 16.6. The fourth-order valence-electron chi connectivity index (χ4n) is 2.71. The summed E-state index contributed by atoms with van der Waals surface area (Å²) < 4.78 is 14.3. The van der Waals surface area contributed by atoms with Crippen LogP contribution in [-0.2, 0) is 0 Å². The summed E-state index contributed by atoms with van der Waals surface area (Å²) in [5.41, 5.74) is 2.09. The predicted molar refractivity (Wildman–Crippen MR) is 87.1 cm³/mol. The molecule has 1 amide bonds. The second kappa shape index (κ2) is 5.68. The molecule has 0 unspecified atom stereocenters. The number of aromatic nitrogens is 1. The van der Waals surface area contributed by atoms with Gasteiger partial charge in [-0.25, -0.2) is 4.39 Å². The first-order valence-corrected chi connectivity index (χ1v) is 7.16. The van der Waals surface area contributed by atoms with Crippen LogP contribution in [0.2, 0.25) is 0 Å². The van der Waals surface area contributed by atoms with Crippen LogP contribution >= 0.6 is 0 Å². The van der Waals surface area contributed by atoms with Gasteiger partial charge >= 0.3 is 0 Å². The SMILES string of the molecule is CNC(=O)c1ccc(F)c(-c2[nH]c3ccccc3c2C(C)=O)c1. The molecule has 0 aliphatic rings. The highest BCUT2D eigenvalue weighted by atomic mass is 19.1. The van der Waals surface area contributed by atoms with E-state index in [1.807, 2.05) is 24.3 Å². The highest BCUT2D eigenvalue weighted by Crippen LogP contribution is 2.32. The van der Waals surface area contributed by atoms with Crippen LogP contribution in [0.25, 0.3) is 22.2 Å². The van der Waals surface area contributed by atoms with Crippen molar-refractivity contribution < 1.29 is 14.0 Å². The molecule has 0 fully saturated rings. The Morgan fingerprint density at radius 2 is 1.87 bits per heavy atom. The van der Waals surface area contributed by atoms with E-state index in [1.54, 1.807) is 0 Å². The molecule has 0 atom stereocenters. The lowest BCUT2D eigenvalue weighted by atomic mass is 10.0. The number of rotatable bonds is 3. The monoisotopic (exact) mass is 310 g/mol. The standard InChI is InChI=1S/C18H15FN2O2/c1-10(22)16-12-5-3-4-6-15(12)21-17(16)13-9-11(18(23)20-2)7-8-14(13)19/h3-9,21H,1-2H3,(H,20,23). The average Bonchev–Trinajstić information content (AvgIpc) is 2.93. The molecule has 0 aliphatic heterocycles. The van der Waals surface area contributed by atoms with Crippen molar-refractivity contribution >= 4 is 22.6 Å². The number of Topliss-reactive ketones (excluding diaryl/α,β-unsaturated/α-hetero) is 1. The van der Waals surface area contributed by atoms with Crippen LogP contribution in [0.3, 0.4) is 0 Å². The van der Waals surface area contributed by atoms with E-state index < -0.39 is 5.82 Å². The molecule has 116 valence electrons. The van der Waals surface area contributed by atoms with E-state index in [0.717, 1.165) is 10.9 Å². The zero-order valence-electron chi connectivity index (χ0n) is 12.7. The first kappa shape index (κ1) is 15.0. The number of para-hydroxylation sites is 1. The molecular weight excluding hydrogens is 295 g/mol. The Kier molecular flexibility index (Phi) is 3.70. The van der Waals surface area contributed by atoms with Gasteiger partial charge in [-0.05, 0) is 31.2 Å². The molecule has 0 aliphatic carbocycles. The number of ketones is 1. The van der Waals surface area contributed by atoms with Gasteiger partial charge in [-0.3, -0.25) is 9.59 Å². The third-order valence-electron chi connectivity index (χ3n) is 3.78. The summed E-state index contributed by atoms with van der Waals surface area (Å²) in [4.78, 5) is 27.0. The Labute approximate surface area is 132 Å². The van der Waals surface area contributed by atoms with E-state index in [-0.39, 0.29) is 17.3 Å². The van der Waals surface area contributed by atoms with E-state index in [2.05, 4.69) is 10.3 Å². The number of hydrogen-bond acceptors (Lipinski definition) is 2. The molecule has 2 aromatic carbocycles. The van der Waals surface area contributed by atoms with Gasteiger partial charge in [0.2, 0.25) is 0 Å². The molecule has 0 saturated heterocycles. The molecule has 4 nitrogen and oxygen atoms in total. The highest BCUT2D eigenvalue weighted by molar-refractivity contribution is 6.12. The molecule has 0 spiro atoms. The van der Waals surface area contributed by atoms with Crippen molar-refractivity contribution in [2.45, 2.75) is 6.92 Å². The summed E-state index contributed by atoms with van der Waals surface area (Å²) in [6.45, 7) is 1.44. The second-order valence-electron chi connectivity index (χ2n) is 5.25. The van der Waals surface area contributed by atoms with Gasteiger partial charge in [0.15, 0.2) is 5.78 Å². The van der Waals surface area contributed by atoms with E-state index in [9.17, 15) is 14.0 Å². The number of nitrogens with one attached hydrogen (secondary N) is 2.